The van der Waals surface area contributed by atoms with Crippen LogP contribution in [0.4, 0.5) is 5.69 Å². The van der Waals surface area contributed by atoms with Crippen LogP contribution in [0.1, 0.15) is 15.9 Å². The van der Waals surface area contributed by atoms with Crippen molar-refractivity contribution in [3.63, 3.8) is 0 Å². The van der Waals surface area contributed by atoms with Gasteiger partial charge in [-0.2, -0.15) is 8.42 Å². The van der Waals surface area contributed by atoms with Crippen LogP contribution in [0.2, 0.25) is 0 Å². The first-order valence-electron chi connectivity index (χ1n) is 5.79. The van der Waals surface area contributed by atoms with Gasteiger partial charge < -0.3 is 5.73 Å². The molecule has 2 aromatic carbocycles. The van der Waals surface area contributed by atoms with Crippen molar-refractivity contribution in [1.82, 2.24) is 0 Å². The molecule has 0 spiro atoms. The highest BCUT2D eigenvalue weighted by atomic mass is 35.5. The highest BCUT2D eigenvalue weighted by Crippen LogP contribution is 2.08. The summed E-state index contributed by atoms with van der Waals surface area (Å²) in [6, 6.07) is 12.4. The lowest BCUT2D eigenvalue weighted by molar-refractivity contribution is 0.108. The molecule has 0 saturated heterocycles. The fourth-order valence-electron chi connectivity index (χ4n) is 1.32. The summed E-state index contributed by atoms with van der Waals surface area (Å²) >= 11 is 5.18. The maximum absolute atomic E-state index is 10.5. The maximum Gasteiger partial charge on any atom is 0.294 e. The molecule has 112 valence electrons. The molecule has 0 aromatic heterocycles. The molecule has 7 heteroatoms. The zero-order valence-corrected chi connectivity index (χ0v) is 12.7. The van der Waals surface area contributed by atoms with Gasteiger partial charge in [0.1, 0.15) is 0 Å². The Bertz CT molecular complexity index is 710. The molecule has 0 amide bonds. The van der Waals surface area contributed by atoms with Crippen molar-refractivity contribution in [2.24, 2.45) is 0 Å². The number of halogens is 1. The zero-order chi connectivity index (χ0) is 16.0. The predicted octanol–water partition coefficient (Wildman–Crippen LogP) is 2.89. The van der Waals surface area contributed by atoms with Crippen LogP contribution in [0.25, 0.3) is 0 Å². The second kappa shape index (κ2) is 7.21. The van der Waals surface area contributed by atoms with Gasteiger partial charge in [-0.25, -0.2) is 0 Å². The summed E-state index contributed by atoms with van der Waals surface area (Å²) in [6.45, 7) is 1.84. The second-order valence-corrected chi connectivity index (χ2v) is 5.95. The number of anilines is 1. The number of nitrogen functional groups attached to an aromatic ring is 1. The molecule has 3 N–H and O–H groups in total. The van der Waals surface area contributed by atoms with E-state index in [0.29, 0.717) is 11.3 Å². The summed E-state index contributed by atoms with van der Waals surface area (Å²) in [4.78, 5) is 10.4. The fraction of sp³-hybridized carbons (Fsp3) is 0.0714. The van der Waals surface area contributed by atoms with Gasteiger partial charge in [0.15, 0.2) is 0 Å². The Kier molecular flexibility index (Phi) is 5.90. The third-order valence-electron chi connectivity index (χ3n) is 2.46. The normalized spacial score (nSPS) is 10.4. The molecular weight excluding hydrogens is 314 g/mol. The van der Waals surface area contributed by atoms with E-state index in [4.69, 9.17) is 21.9 Å². The minimum atomic E-state index is -4.02. The average Bonchev–Trinajstić information content (AvgIpc) is 2.39. The van der Waals surface area contributed by atoms with Gasteiger partial charge in [-0.15, -0.1) is 0 Å². The standard InChI is InChI=1S/C7H6ClNO.C7H8O3S/c8-7(10)5-1-3-6(9)4-2-5;1-6-2-4-7(5-3-6)11(8,9)10/h1-4H,9H2;2-5H,1H3,(H,8,9,10). The largest absolute Gasteiger partial charge is 0.399 e. The van der Waals surface area contributed by atoms with Crippen molar-refractivity contribution in [2.45, 2.75) is 11.8 Å². The van der Waals surface area contributed by atoms with Crippen LogP contribution in [-0.4, -0.2) is 18.2 Å². The molecule has 0 radical (unpaired) electrons. The Hall–Kier alpha value is -1.89. The lowest BCUT2D eigenvalue weighted by atomic mass is 10.2. The summed E-state index contributed by atoms with van der Waals surface area (Å²) < 4.78 is 29.6. The molecular formula is C14H14ClNO4S. The van der Waals surface area contributed by atoms with Crippen molar-refractivity contribution in [2.75, 3.05) is 5.73 Å². The number of rotatable bonds is 2. The summed E-state index contributed by atoms with van der Waals surface area (Å²) in [5.41, 5.74) is 7.42. The Balaban J connectivity index is 0.000000211. The van der Waals surface area contributed by atoms with Crippen molar-refractivity contribution in [1.29, 1.82) is 0 Å². The molecule has 0 fully saturated rings. The van der Waals surface area contributed by atoms with Crippen LogP contribution < -0.4 is 5.73 Å². The first kappa shape index (κ1) is 17.2. The van der Waals surface area contributed by atoms with Gasteiger partial charge in [0.05, 0.1) is 4.90 Å². The van der Waals surface area contributed by atoms with Crippen LogP contribution in [-0.2, 0) is 10.1 Å². The number of hydrogen-bond acceptors (Lipinski definition) is 4. The highest BCUT2D eigenvalue weighted by Gasteiger charge is 2.06. The van der Waals surface area contributed by atoms with Gasteiger partial charge in [0, 0.05) is 11.3 Å². The van der Waals surface area contributed by atoms with E-state index in [1.807, 2.05) is 6.92 Å². The van der Waals surface area contributed by atoms with E-state index in [-0.39, 0.29) is 4.90 Å². The minimum absolute atomic E-state index is 0.0666. The monoisotopic (exact) mass is 327 g/mol. The third kappa shape index (κ3) is 5.95. The second-order valence-electron chi connectivity index (χ2n) is 4.18. The number of nitrogens with two attached hydrogens (primary N) is 1. The Labute approximate surface area is 128 Å². The number of hydrogen-bond donors (Lipinski definition) is 2. The van der Waals surface area contributed by atoms with E-state index in [2.05, 4.69) is 0 Å². The lowest BCUT2D eigenvalue weighted by Crippen LogP contribution is -1.96. The molecule has 2 aromatic rings. The van der Waals surface area contributed by atoms with Gasteiger partial charge >= 0.3 is 0 Å². The van der Waals surface area contributed by atoms with Crippen LogP contribution in [0, 0.1) is 6.92 Å². The average molecular weight is 328 g/mol. The molecule has 0 unspecified atom stereocenters. The highest BCUT2D eigenvalue weighted by molar-refractivity contribution is 7.85. The molecule has 0 aliphatic heterocycles. The van der Waals surface area contributed by atoms with E-state index in [9.17, 15) is 13.2 Å². The van der Waals surface area contributed by atoms with Gasteiger partial charge in [0.25, 0.3) is 15.4 Å². The van der Waals surface area contributed by atoms with Crippen LogP contribution in [0.3, 0.4) is 0 Å². The van der Waals surface area contributed by atoms with Gasteiger partial charge in [-0.05, 0) is 54.9 Å². The van der Waals surface area contributed by atoms with E-state index in [1.165, 1.54) is 12.1 Å². The summed E-state index contributed by atoms with van der Waals surface area (Å²) in [5, 5.41) is -0.458. The SMILES string of the molecule is Cc1ccc(S(=O)(=O)O)cc1.Nc1ccc(C(=O)Cl)cc1. The van der Waals surface area contributed by atoms with Crippen molar-refractivity contribution in [3.8, 4) is 0 Å². The molecule has 0 aliphatic rings. The smallest absolute Gasteiger partial charge is 0.294 e. The van der Waals surface area contributed by atoms with E-state index < -0.39 is 15.4 Å². The summed E-state index contributed by atoms with van der Waals surface area (Å²) in [6.07, 6.45) is 0. The molecule has 0 bridgehead atoms. The Morgan fingerprint density at radius 2 is 1.52 bits per heavy atom. The molecule has 21 heavy (non-hydrogen) atoms. The fourth-order valence-corrected chi connectivity index (χ4v) is 1.93. The summed E-state index contributed by atoms with van der Waals surface area (Å²) in [5.74, 6) is 0. The van der Waals surface area contributed by atoms with Crippen molar-refractivity contribution < 1.29 is 17.8 Å². The molecule has 0 aliphatic carbocycles. The topological polar surface area (TPSA) is 97.5 Å². The predicted molar refractivity (Wildman–Crippen MR) is 82.0 cm³/mol. The maximum atomic E-state index is 10.5. The van der Waals surface area contributed by atoms with E-state index >= 15 is 0 Å². The third-order valence-corrected chi connectivity index (χ3v) is 3.54. The van der Waals surface area contributed by atoms with Gasteiger partial charge in [-0.3, -0.25) is 9.35 Å². The Morgan fingerprint density at radius 1 is 1.05 bits per heavy atom. The van der Waals surface area contributed by atoms with Crippen molar-refractivity contribution >= 4 is 32.6 Å². The van der Waals surface area contributed by atoms with Crippen LogP contribution >= 0.6 is 11.6 Å². The minimum Gasteiger partial charge on any atom is -0.399 e. The molecule has 2 rings (SSSR count). The zero-order valence-electron chi connectivity index (χ0n) is 11.2. The number of benzene rings is 2. The van der Waals surface area contributed by atoms with Gasteiger partial charge in [-0.1, -0.05) is 17.7 Å². The first-order chi connectivity index (χ1) is 9.70. The van der Waals surface area contributed by atoms with Crippen LogP contribution in [0.5, 0.6) is 0 Å². The summed E-state index contributed by atoms with van der Waals surface area (Å²) in [7, 11) is -4.02. The number of carbonyl (C=O) groups is 1. The molecule has 0 atom stereocenters. The van der Waals surface area contributed by atoms with Crippen LogP contribution in [0.15, 0.2) is 53.4 Å². The first-order valence-corrected chi connectivity index (χ1v) is 7.61. The Morgan fingerprint density at radius 3 is 1.90 bits per heavy atom. The quantitative estimate of drug-likeness (QED) is 0.502. The lowest BCUT2D eigenvalue weighted by Gasteiger charge is -1.95. The van der Waals surface area contributed by atoms with E-state index in [0.717, 1.165) is 5.56 Å². The molecule has 0 saturated carbocycles. The van der Waals surface area contributed by atoms with E-state index in [1.54, 1.807) is 36.4 Å². The van der Waals surface area contributed by atoms with Crippen molar-refractivity contribution in [3.05, 3.63) is 59.7 Å². The number of aryl methyl sites for hydroxylation is 1. The molecule has 0 heterocycles. The number of carbonyl (C=O) groups excluding carboxylic acids is 1. The molecule has 5 nitrogen and oxygen atoms in total. The van der Waals surface area contributed by atoms with Gasteiger partial charge in [0.2, 0.25) is 0 Å².